The summed E-state index contributed by atoms with van der Waals surface area (Å²) in [5, 5.41) is 5.52. The molecule has 2 aromatic rings. The summed E-state index contributed by atoms with van der Waals surface area (Å²) in [5.41, 5.74) is 3.02. The predicted octanol–water partition coefficient (Wildman–Crippen LogP) is 2.00. The third-order valence-corrected chi connectivity index (χ3v) is 4.18. The maximum Gasteiger partial charge on any atom is 0.219 e. The normalized spacial score (nSPS) is 19.6. The second-order valence-electron chi connectivity index (χ2n) is 5.62. The number of fused-ring (bicyclic) bond motifs is 1. The third kappa shape index (κ3) is 2.17. The van der Waals surface area contributed by atoms with E-state index in [2.05, 4.69) is 17.2 Å². The molecule has 1 amide bonds. The number of aryl methyl sites for hydroxylation is 2. The molecule has 1 unspecified atom stereocenters. The van der Waals surface area contributed by atoms with Crippen LogP contribution in [0.4, 0.5) is 0 Å². The van der Waals surface area contributed by atoms with Gasteiger partial charge in [-0.25, -0.2) is 4.98 Å². The molecule has 0 spiro atoms. The van der Waals surface area contributed by atoms with Crippen molar-refractivity contribution in [1.82, 2.24) is 19.7 Å². The van der Waals surface area contributed by atoms with Crippen molar-refractivity contribution in [1.29, 1.82) is 0 Å². The van der Waals surface area contributed by atoms with Crippen molar-refractivity contribution < 1.29 is 4.79 Å². The number of rotatable bonds is 1. The summed E-state index contributed by atoms with van der Waals surface area (Å²) in [4.78, 5) is 18.2. The van der Waals surface area contributed by atoms with Gasteiger partial charge in [0.05, 0.1) is 5.69 Å². The highest BCUT2D eigenvalue weighted by atomic mass is 16.2. The third-order valence-electron chi connectivity index (χ3n) is 4.18. The number of pyridine rings is 1. The number of hydrogen-bond donors (Lipinski definition) is 0. The van der Waals surface area contributed by atoms with Gasteiger partial charge in [-0.3, -0.25) is 9.48 Å². The van der Waals surface area contributed by atoms with E-state index in [1.165, 1.54) is 0 Å². The van der Waals surface area contributed by atoms with Gasteiger partial charge >= 0.3 is 0 Å². The zero-order chi connectivity index (χ0) is 14.3. The van der Waals surface area contributed by atoms with E-state index in [0.717, 1.165) is 48.4 Å². The smallest absolute Gasteiger partial charge is 0.219 e. The first kappa shape index (κ1) is 13.1. The maximum atomic E-state index is 11.5. The molecule has 5 heteroatoms. The average Bonchev–Trinajstić information content (AvgIpc) is 2.74. The number of carbonyl (C=O) groups is 1. The van der Waals surface area contributed by atoms with Crippen molar-refractivity contribution in [3.8, 4) is 0 Å². The first-order chi connectivity index (χ1) is 9.56. The Bertz CT molecular complexity index is 661. The average molecular weight is 272 g/mol. The summed E-state index contributed by atoms with van der Waals surface area (Å²) in [6.45, 7) is 5.30. The lowest BCUT2D eigenvalue weighted by Gasteiger charge is -2.31. The van der Waals surface area contributed by atoms with Gasteiger partial charge in [-0.15, -0.1) is 0 Å². The first-order valence-electron chi connectivity index (χ1n) is 7.12. The Morgan fingerprint density at radius 1 is 1.40 bits per heavy atom. The van der Waals surface area contributed by atoms with Gasteiger partial charge in [0.25, 0.3) is 0 Å². The van der Waals surface area contributed by atoms with E-state index in [4.69, 9.17) is 4.98 Å². The van der Waals surface area contributed by atoms with Crippen LogP contribution in [0, 0.1) is 6.92 Å². The lowest BCUT2D eigenvalue weighted by Crippen LogP contribution is -2.37. The van der Waals surface area contributed by atoms with Crippen LogP contribution in [-0.4, -0.2) is 38.7 Å². The molecule has 1 aliphatic rings. The van der Waals surface area contributed by atoms with Crippen LogP contribution in [0.3, 0.4) is 0 Å². The van der Waals surface area contributed by atoms with E-state index < -0.39 is 0 Å². The predicted molar refractivity (Wildman–Crippen MR) is 77.5 cm³/mol. The molecule has 106 valence electrons. The second kappa shape index (κ2) is 4.89. The number of amides is 1. The minimum Gasteiger partial charge on any atom is -0.342 e. The molecular formula is C15H20N4O. The molecule has 0 radical (unpaired) electrons. The monoisotopic (exact) mass is 272 g/mol. The first-order valence-corrected chi connectivity index (χ1v) is 7.12. The Labute approximate surface area is 118 Å². The highest BCUT2D eigenvalue weighted by molar-refractivity contribution is 5.78. The topological polar surface area (TPSA) is 51.0 Å². The molecule has 5 nitrogen and oxygen atoms in total. The van der Waals surface area contributed by atoms with Gasteiger partial charge in [0.1, 0.15) is 0 Å². The lowest BCUT2D eigenvalue weighted by atomic mass is 9.94. The molecule has 3 heterocycles. The van der Waals surface area contributed by atoms with Crippen molar-refractivity contribution in [3.05, 3.63) is 23.5 Å². The Hall–Kier alpha value is -1.91. The minimum atomic E-state index is 0.159. The number of aromatic nitrogens is 3. The Morgan fingerprint density at radius 2 is 2.20 bits per heavy atom. The van der Waals surface area contributed by atoms with Gasteiger partial charge in [0, 0.05) is 44.1 Å². The number of nitrogens with zero attached hydrogens (tertiary/aromatic N) is 4. The molecule has 0 bridgehead atoms. The van der Waals surface area contributed by atoms with Gasteiger partial charge in [-0.1, -0.05) is 0 Å². The van der Waals surface area contributed by atoms with Crippen molar-refractivity contribution in [2.24, 2.45) is 7.05 Å². The van der Waals surface area contributed by atoms with Gasteiger partial charge in [0.2, 0.25) is 5.91 Å². The van der Waals surface area contributed by atoms with E-state index >= 15 is 0 Å². The summed E-state index contributed by atoms with van der Waals surface area (Å²) in [5.74, 6) is 0.499. The molecule has 1 atom stereocenters. The quantitative estimate of drug-likeness (QED) is 0.798. The molecule has 1 fully saturated rings. The zero-order valence-corrected chi connectivity index (χ0v) is 12.3. The van der Waals surface area contributed by atoms with Crippen molar-refractivity contribution in [3.63, 3.8) is 0 Å². The van der Waals surface area contributed by atoms with Crippen LogP contribution < -0.4 is 0 Å². The number of piperidine rings is 1. The second-order valence-corrected chi connectivity index (χ2v) is 5.62. The SMILES string of the molecule is CC(=O)N1CCCC(c2ccc3c(C)nn(C)c3n2)C1. The van der Waals surface area contributed by atoms with Crippen molar-refractivity contribution in [2.45, 2.75) is 32.6 Å². The largest absolute Gasteiger partial charge is 0.342 e. The van der Waals surface area contributed by atoms with E-state index in [1.54, 1.807) is 6.92 Å². The molecule has 2 aromatic heterocycles. The van der Waals surface area contributed by atoms with Crippen LogP contribution in [0.2, 0.25) is 0 Å². The molecule has 1 saturated heterocycles. The fraction of sp³-hybridized carbons (Fsp3) is 0.533. The zero-order valence-electron chi connectivity index (χ0n) is 12.3. The summed E-state index contributed by atoms with van der Waals surface area (Å²) in [7, 11) is 1.93. The lowest BCUT2D eigenvalue weighted by molar-refractivity contribution is -0.130. The summed E-state index contributed by atoms with van der Waals surface area (Å²) in [6.07, 6.45) is 2.15. The summed E-state index contributed by atoms with van der Waals surface area (Å²) < 4.78 is 1.83. The van der Waals surface area contributed by atoms with E-state index in [0.29, 0.717) is 5.92 Å². The van der Waals surface area contributed by atoms with E-state index in [9.17, 15) is 4.79 Å². The van der Waals surface area contributed by atoms with Crippen LogP contribution in [0.25, 0.3) is 11.0 Å². The molecule has 0 N–H and O–H groups in total. The van der Waals surface area contributed by atoms with Gasteiger partial charge in [-0.2, -0.15) is 5.10 Å². The van der Waals surface area contributed by atoms with Crippen LogP contribution in [0.15, 0.2) is 12.1 Å². The van der Waals surface area contributed by atoms with Crippen LogP contribution >= 0.6 is 0 Å². The highest BCUT2D eigenvalue weighted by Gasteiger charge is 2.24. The van der Waals surface area contributed by atoms with Crippen LogP contribution in [-0.2, 0) is 11.8 Å². The summed E-state index contributed by atoms with van der Waals surface area (Å²) in [6, 6.07) is 4.19. The van der Waals surface area contributed by atoms with Gasteiger partial charge in [0.15, 0.2) is 5.65 Å². The van der Waals surface area contributed by atoms with E-state index in [1.807, 2.05) is 23.6 Å². The molecule has 3 rings (SSSR count). The fourth-order valence-corrected chi connectivity index (χ4v) is 3.05. The maximum absolute atomic E-state index is 11.5. The number of likely N-dealkylation sites (tertiary alicyclic amines) is 1. The highest BCUT2D eigenvalue weighted by Crippen LogP contribution is 2.27. The van der Waals surface area contributed by atoms with E-state index in [-0.39, 0.29) is 5.91 Å². The Balaban J connectivity index is 1.93. The summed E-state index contributed by atoms with van der Waals surface area (Å²) >= 11 is 0. The molecule has 20 heavy (non-hydrogen) atoms. The molecule has 0 aliphatic carbocycles. The standard InChI is InChI=1S/C15H20N4O/c1-10-13-6-7-14(16-15(13)18(3)17-10)12-5-4-8-19(9-12)11(2)20/h6-7,12H,4-5,8-9H2,1-3H3. The number of hydrogen-bond acceptors (Lipinski definition) is 3. The molecule has 1 aliphatic heterocycles. The number of carbonyl (C=O) groups excluding carboxylic acids is 1. The Kier molecular flexibility index (Phi) is 3.20. The molecular weight excluding hydrogens is 252 g/mol. The Morgan fingerprint density at radius 3 is 2.95 bits per heavy atom. The van der Waals surface area contributed by atoms with Crippen LogP contribution in [0.1, 0.15) is 37.1 Å². The minimum absolute atomic E-state index is 0.159. The van der Waals surface area contributed by atoms with Crippen LogP contribution in [0.5, 0.6) is 0 Å². The van der Waals surface area contributed by atoms with Crippen molar-refractivity contribution >= 4 is 16.9 Å². The fourth-order valence-electron chi connectivity index (χ4n) is 3.05. The van der Waals surface area contributed by atoms with Gasteiger partial charge in [-0.05, 0) is 31.9 Å². The molecule has 0 saturated carbocycles. The van der Waals surface area contributed by atoms with Gasteiger partial charge < -0.3 is 4.90 Å². The van der Waals surface area contributed by atoms with Crippen molar-refractivity contribution in [2.75, 3.05) is 13.1 Å². The molecule has 0 aromatic carbocycles.